The number of nitrogens with one attached hydrogen (secondary N) is 1. The van der Waals surface area contributed by atoms with E-state index in [1.54, 1.807) is 25.1 Å². The summed E-state index contributed by atoms with van der Waals surface area (Å²) in [6.07, 6.45) is 0. The molecule has 6 heteroatoms. The van der Waals surface area contributed by atoms with Crippen LogP contribution in [0.15, 0.2) is 29.2 Å². The Morgan fingerprint density at radius 1 is 1.32 bits per heavy atom. The number of hydrogen-bond donors (Lipinski definition) is 1. The smallest absolute Gasteiger partial charge is 0.768 e. The van der Waals surface area contributed by atoms with Crippen molar-refractivity contribution in [3.8, 4) is 0 Å². The second-order valence-electron chi connectivity index (χ2n) is 5.22. The molecule has 1 amide bonds. The van der Waals surface area contributed by atoms with Crippen molar-refractivity contribution in [2.24, 2.45) is 5.41 Å². The van der Waals surface area contributed by atoms with Gasteiger partial charge < -0.3 is 9.87 Å². The Kier molecular flexibility index (Phi) is 7.47. The zero-order chi connectivity index (χ0) is 13.9. The molecule has 0 saturated carbocycles. The van der Waals surface area contributed by atoms with E-state index in [0.717, 1.165) is 0 Å². The van der Waals surface area contributed by atoms with Crippen molar-refractivity contribution in [2.75, 3.05) is 0 Å². The standard InChI is InChI=1S/C13H19NO3S.Na/c1-9(14-12(15)13(2,3)4)10-7-5-6-8-11(10)18(16)17;/h5-9H,1-4H3,(H,14,15)(H,16,17);/q;+1/p-1/t9-;/m1./s1. The van der Waals surface area contributed by atoms with Crippen LogP contribution < -0.4 is 34.9 Å². The molecular weight excluding hydrogens is 273 g/mol. The third-order valence-electron chi connectivity index (χ3n) is 2.59. The monoisotopic (exact) mass is 291 g/mol. The first kappa shape index (κ1) is 18.8. The molecule has 0 heterocycles. The minimum atomic E-state index is -2.30. The van der Waals surface area contributed by atoms with Gasteiger partial charge in [0.05, 0.1) is 6.04 Å². The largest absolute Gasteiger partial charge is 1.00 e. The van der Waals surface area contributed by atoms with Gasteiger partial charge in [0, 0.05) is 10.3 Å². The average Bonchev–Trinajstić information content (AvgIpc) is 2.27. The van der Waals surface area contributed by atoms with E-state index in [1.807, 2.05) is 20.8 Å². The Hall–Kier alpha value is -0.200. The molecule has 0 bridgehead atoms. The van der Waals surface area contributed by atoms with E-state index in [4.69, 9.17) is 0 Å². The molecule has 1 rings (SSSR count). The van der Waals surface area contributed by atoms with E-state index in [0.29, 0.717) is 5.56 Å². The topological polar surface area (TPSA) is 69.2 Å². The van der Waals surface area contributed by atoms with Crippen LogP contribution in [0, 0.1) is 5.41 Å². The van der Waals surface area contributed by atoms with Gasteiger partial charge in [-0.25, -0.2) is 0 Å². The van der Waals surface area contributed by atoms with Crippen LogP contribution in [0.3, 0.4) is 0 Å². The van der Waals surface area contributed by atoms with Gasteiger partial charge in [0.25, 0.3) is 0 Å². The van der Waals surface area contributed by atoms with Crippen molar-refractivity contribution in [1.29, 1.82) is 0 Å². The zero-order valence-electron chi connectivity index (χ0n) is 12.0. The number of amides is 1. The van der Waals surface area contributed by atoms with Crippen LogP contribution in [0.4, 0.5) is 0 Å². The fourth-order valence-corrected chi connectivity index (χ4v) is 2.11. The van der Waals surface area contributed by atoms with Crippen molar-refractivity contribution >= 4 is 17.0 Å². The van der Waals surface area contributed by atoms with E-state index >= 15 is 0 Å². The molecule has 0 spiro atoms. The predicted octanol–water partition coefficient (Wildman–Crippen LogP) is -0.848. The van der Waals surface area contributed by atoms with Gasteiger partial charge in [-0.1, -0.05) is 39.0 Å². The molecule has 0 aromatic heterocycles. The number of hydrogen-bond acceptors (Lipinski definition) is 3. The molecule has 0 saturated heterocycles. The van der Waals surface area contributed by atoms with Gasteiger partial charge in [-0.2, -0.15) is 0 Å². The van der Waals surface area contributed by atoms with Crippen LogP contribution in [0.1, 0.15) is 39.3 Å². The number of carbonyl (C=O) groups is 1. The van der Waals surface area contributed by atoms with E-state index in [1.165, 1.54) is 6.07 Å². The summed E-state index contributed by atoms with van der Waals surface area (Å²) in [7, 11) is 0. The van der Waals surface area contributed by atoms with Crippen molar-refractivity contribution in [3.05, 3.63) is 29.8 Å². The van der Waals surface area contributed by atoms with Gasteiger partial charge in [0.1, 0.15) is 0 Å². The van der Waals surface area contributed by atoms with E-state index in [-0.39, 0.29) is 46.4 Å². The first-order valence-electron chi connectivity index (χ1n) is 5.72. The van der Waals surface area contributed by atoms with E-state index in [9.17, 15) is 13.6 Å². The van der Waals surface area contributed by atoms with Gasteiger partial charge in [-0.15, -0.1) is 0 Å². The second-order valence-corrected chi connectivity index (χ2v) is 6.13. The van der Waals surface area contributed by atoms with Crippen molar-refractivity contribution < 1.29 is 43.1 Å². The van der Waals surface area contributed by atoms with E-state index < -0.39 is 16.5 Å². The molecule has 1 N–H and O–H groups in total. The molecule has 0 aliphatic carbocycles. The molecule has 2 atom stereocenters. The maximum Gasteiger partial charge on any atom is 1.00 e. The summed E-state index contributed by atoms with van der Waals surface area (Å²) < 4.78 is 22.2. The van der Waals surface area contributed by atoms with Crippen LogP contribution >= 0.6 is 0 Å². The molecule has 1 aromatic carbocycles. The molecule has 100 valence electrons. The molecule has 0 aliphatic heterocycles. The van der Waals surface area contributed by atoms with Gasteiger partial charge in [0.15, 0.2) is 0 Å². The number of rotatable bonds is 3. The third kappa shape index (κ3) is 5.36. The minimum Gasteiger partial charge on any atom is -0.768 e. The van der Waals surface area contributed by atoms with Crippen molar-refractivity contribution in [1.82, 2.24) is 5.32 Å². The third-order valence-corrected chi connectivity index (χ3v) is 3.32. The van der Waals surface area contributed by atoms with Crippen molar-refractivity contribution in [2.45, 2.75) is 38.6 Å². The Morgan fingerprint density at radius 3 is 2.32 bits per heavy atom. The molecule has 0 fully saturated rings. The summed E-state index contributed by atoms with van der Waals surface area (Å²) in [5.41, 5.74) is 0.100. The van der Waals surface area contributed by atoms with Crippen LogP contribution in [0.2, 0.25) is 0 Å². The molecule has 1 aromatic rings. The zero-order valence-corrected chi connectivity index (χ0v) is 14.8. The van der Waals surface area contributed by atoms with Crippen LogP contribution in [-0.4, -0.2) is 14.7 Å². The van der Waals surface area contributed by atoms with E-state index in [2.05, 4.69) is 5.32 Å². The molecule has 0 aliphatic rings. The average molecular weight is 291 g/mol. The number of benzene rings is 1. The maximum absolute atomic E-state index is 11.9. The van der Waals surface area contributed by atoms with Crippen LogP contribution in [-0.2, 0) is 15.9 Å². The summed E-state index contributed by atoms with van der Waals surface area (Å²) in [6.45, 7) is 7.21. The summed E-state index contributed by atoms with van der Waals surface area (Å²) in [6, 6.07) is 6.31. The SMILES string of the molecule is C[C@@H](NC(=O)C(C)(C)C)c1ccccc1S(=O)[O-].[Na+]. The van der Waals surface area contributed by atoms with Gasteiger partial charge in [-0.3, -0.25) is 9.00 Å². The van der Waals surface area contributed by atoms with Crippen LogP contribution in [0.5, 0.6) is 0 Å². The van der Waals surface area contributed by atoms with Gasteiger partial charge in [-0.05, 0) is 29.6 Å². The van der Waals surface area contributed by atoms with Crippen molar-refractivity contribution in [3.63, 3.8) is 0 Å². The Morgan fingerprint density at radius 2 is 1.84 bits per heavy atom. The van der Waals surface area contributed by atoms with Gasteiger partial charge >= 0.3 is 29.6 Å². The fourth-order valence-electron chi connectivity index (χ4n) is 1.48. The first-order chi connectivity index (χ1) is 8.23. The van der Waals surface area contributed by atoms with Crippen LogP contribution in [0.25, 0.3) is 0 Å². The Labute approximate surface area is 138 Å². The normalized spacial score (nSPS) is 14.2. The molecule has 0 radical (unpaired) electrons. The predicted molar refractivity (Wildman–Crippen MR) is 69.6 cm³/mol. The molecule has 1 unspecified atom stereocenters. The molecule has 4 nitrogen and oxygen atoms in total. The summed E-state index contributed by atoms with van der Waals surface area (Å²) in [5.74, 6) is -0.110. The van der Waals surface area contributed by atoms with Gasteiger partial charge in [0.2, 0.25) is 5.91 Å². The molecule has 19 heavy (non-hydrogen) atoms. The summed E-state index contributed by atoms with van der Waals surface area (Å²) in [4.78, 5) is 12.1. The summed E-state index contributed by atoms with van der Waals surface area (Å²) >= 11 is -2.30. The maximum atomic E-state index is 11.9. The molecular formula is C13H18NNaO3S. The fraction of sp³-hybridized carbons (Fsp3) is 0.462. The Balaban J connectivity index is 0.00000324. The number of carbonyl (C=O) groups excluding carboxylic acids is 1. The minimum absolute atomic E-state index is 0. The quantitative estimate of drug-likeness (QED) is 0.583. The summed E-state index contributed by atoms with van der Waals surface area (Å²) in [5, 5.41) is 2.82. The Bertz CT molecular complexity index is 471. The second kappa shape index (κ2) is 7.55. The first-order valence-corrected chi connectivity index (χ1v) is 6.80.